The second-order valence-corrected chi connectivity index (χ2v) is 6.01. The topological polar surface area (TPSA) is 59.1 Å². The molecule has 2 unspecified atom stereocenters. The number of aromatic nitrogens is 1. The molecule has 2 aromatic rings. The van der Waals surface area contributed by atoms with Crippen molar-refractivity contribution < 1.29 is 5.11 Å². The van der Waals surface area contributed by atoms with Crippen LogP contribution in [0.4, 0.5) is 0 Å². The zero-order valence-electron chi connectivity index (χ0n) is 11.5. The monoisotopic (exact) mass is 334 g/mol. The van der Waals surface area contributed by atoms with E-state index in [1.165, 1.54) is 0 Å². The summed E-state index contributed by atoms with van der Waals surface area (Å²) in [6, 6.07) is 12.0. The Labute approximate surface area is 128 Å². The first-order valence-electron chi connectivity index (χ1n) is 6.61. The lowest BCUT2D eigenvalue weighted by Gasteiger charge is -2.36. The van der Waals surface area contributed by atoms with Crippen LogP contribution < -0.4 is 5.73 Å². The van der Waals surface area contributed by atoms with E-state index in [0.29, 0.717) is 13.0 Å². The third-order valence-corrected chi connectivity index (χ3v) is 4.23. The fourth-order valence-corrected chi connectivity index (χ4v) is 2.95. The molecule has 0 fully saturated rings. The van der Waals surface area contributed by atoms with E-state index in [1.807, 2.05) is 42.6 Å². The molecule has 4 heteroatoms. The number of aliphatic hydroxyl groups excluding tert-OH is 1. The Kier molecular flexibility index (Phi) is 4.91. The minimum Gasteiger partial charge on any atom is -0.392 e. The van der Waals surface area contributed by atoms with Gasteiger partial charge in [-0.3, -0.25) is 4.98 Å². The summed E-state index contributed by atoms with van der Waals surface area (Å²) in [5.41, 5.74) is 7.64. The van der Waals surface area contributed by atoms with Gasteiger partial charge < -0.3 is 10.8 Å². The second-order valence-electron chi connectivity index (χ2n) is 5.09. The van der Waals surface area contributed by atoms with E-state index in [1.54, 1.807) is 13.1 Å². The first-order chi connectivity index (χ1) is 9.58. The van der Waals surface area contributed by atoms with Gasteiger partial charge in [0.15, 0.2) is 0 Å². The van der Waals surface area contributed by atoms with Crippen LogP contribution >= 0.6 is 15.9 Å². The predicted molar refractivity (Wildman–Crippen MR) is 84.5 cm³/mol. The van der Waals surface area contributed by atoms with Gasteiger partial charge >= 0.3 is 0 Å². The van der Waals surface area contributed by atoms with Gasteiger partial charge in [-0.05, 0) is 46.5 Å². The van der Waals surface area contributed by atoms with Gasteiger partial charge in [-0.2, -0.15) is 0 Å². The number of nitrogens with two attached hydrogens (primary N) is 1. The number of rotatable bonds is 5. The van der Waals surface area contributed by atoms with Gasteiger partial charge in [0.25, 0.3) is 0 Å². The Morgan fingerprint density at radius 1 is 1.30 bits per heavy atom. The van der Waals surface area contributed by atoms with Crippen LogP contribution in [0.15, 0.2) is 53.3 Å². The van der Waals surface area contributed by atoms with Gasteiger partial charge in [0.05, 0.1) is 6.10 Å². The van der Waals surface area contributed by atoms with Gasteiger partial charge in [0, 0.05) is 28.8 Å². The molecule has 3 nitrogen and oxygen atoms in total. The maximum atomic E-state index is 10.3. The van der Waals surface area contributed by atoms with Crippen LogP contribution in [0.5, 0.6) is 0 Å². The fraction of sp³-hybridized carbons (Fsp3) is 0.312. The van der Waals surface area contributed by atoms with Crippen molar-refractivity contribution >= 4 is 15.9 Å². The Morgan fingerprint density at radius 3 is 2.55 bits per heavy atom. The minimum absolute atomic E-state index is 0.376. The van der Waals surface area contributed by atoms with Crippen LogP contribution in [0.1, 0.15) is 18.1 Å². The van der Waals surface area contributed by atoms with E-state index in [-0.39, 0.29) is 0 Å². The van der Waals surface area contributed by atoms with Crippen LogP contribution in [-0.2, 0) is 11.8 Å². The molecule has 0 radical (unpaired) electrons. The lowest BCUT2D eigenvalue weighted by atomic mass is 9.72. The van der Waals surface area contributed by atoms with E-state index < -0.39 is 11.5 Å². The first-order valence-corrected chi connectivity index (χ1v) is 7.41. The average molecular weight is 335 g/mol. The molecule has 0 bridgehead atoms. The van der Waals surface area contributed by atoms with Crippen molar-refractivity contribution in [3.8, 4) is 0 Å². The number of aliphatic hydroxyl groups is 1. The molecule has 2 atom stereocenters. The maximum absolute atomic E-state index is 10.3. The van der Waals surface area contributed by atoms with E-state index in [0.717, 1.165) is 15.6 Å². The van der Waals surface area contributed by atoms with E-state index in [2.05, 4.69) is 20.9 Å². The summed E-state index contributed by atoms with van der Waals surface area (Å²) < 4.78 is 0.930. The highest BCUT2D eigenvalue weighted by Crippen LogP contribution is 2.31. The van der Waals surface area contributed by atoms with Crippen LogP contribution in [-0.4, -0.2) is 22.7 Å². The summed E-state index contributed by atoms with van der Waals surface area (Å²) in [7, 11) is 0. The maximum Gasteiger partial charge on any atom is 0.0624 e. The number of benzene rings is 1. The van der Waals surface area contributed by atoms with Crippen molar-refractivity contribution in [2.75, 3.05) is 6.54 Å². The molecule has 1 aromatic carbocycles. The Hall–Kier alpha value is -1.23. The van der Waals surface area contributed by atoms with Crippen LogP contribution in [0.2, 0.25) is 0 Å². The van der Waals surface area contributed by atoms with Crippen molar-refractivity contribution in [1.82, 2.24) is 4.98 Å². The van der Waals surface area contributed by atoms with Crippen molar-refractivity contribution in [3.63, 3.8) is 0 Å². The first kappa shape index (κ1) is 15.2. The molecule has 1 heterocycles. The molecule has 0 spiro atoms. The lowest BCUT2D eigenvalue weighted by molar-refractivity contribution is 0.100. The molecular formula is C16H19BrN2O. The molecule has 0 saturated heterocycles. The molecule has 106 valence electrons. The zero-order chi connectivity index (χ0) is 14.6. The summed E-state index contributed by atoms with van der Waals surface area (Å²) in [5, 5.41) is 10.3. The third kappa shape index (κ3) is 3.08. The SMILES string of the molecule is CC(O)C(CN)(Cc1cncc(Br)c1)c1ccccc1. The van der Waals surface area contributed by atoms with Gasteiger partial charge in [-0.1, -0.05) is 30.3 Å². The fourth-order valence-electron chi connectivity index (χ4n) is 2.54. The Balaban J connectivity index is 2.43. The van der Waals surface area contributed by atoms with Crippen molar-refractivity contribution in [3.05, 3.63) is 64.4 Å². The van der Waals surface area contributed by atoms with Crippen molar-refractivity contribution in [1.29, 1.82) is 0 Å². The number of hydrogen-bond donors (Lipinski definition) is 2. The number of pyridine rings is 1. The highest BCUT2D eigenvalue weighted by Gasteiger charge is 2.36. The molecule has 0 aliphatic carbocycles. The molecule has 0 aliphatic rings. The summed E-state index contributed by atoms with van der Waals surface area (Å²) in [4.78, 5) is 4.19. The molecule has 3 N–H and O–H groups in total. The zero-order valence-corrected chi connectivity index (χ0v) is 13.0. The van der Waals surface area contributed by atoms with Gasteiger partial charge in [-0.25, -0.2) is 0 Å². The molecule has 0 saturated carbocycles. The summed E-state index contributed by atoms with van der Waals surface area (Å²) in [5.74, 6) is 0. The van der Waals surface area contributed by atoms with Gasteiger partial charge in [0.2, 0.25) is 0 Å². The van der Waals surface area contributed by atoms with E-state index in [4.69, 9.17) is 5.73 Å². The van der Waals surface area contributed by atoms with Crippen molar-refractivity contribution in [2.24, 2.45) is 5.73 Å². The normalized spacial score (nSPS) is 15.6. The lowest BCUT2D eigenvalue weighted by Crippen LogP contribution is -2.46. The number of halogens is 1. The average Bonchev–Trinajstić information content (AvgIpc) is 2.45. The van der Waals surface area contributed by atoms with Gasteiger partial charge in [0.1, 0.15) is 0 Å². The van der Waals surface area contributed by atoms with Crippen LogP contribution in [0.25, 0.3) is 0 Å². The summed E-state index contributed by atoms with van der Waals surface area (Å²) in [6.45, 7) is 2.17. The number of hydrogen-bond acceptors (Lipinski definition) is 3. The Bertz CT molecular complexity index is 559. The highest BCUT2D eigenvalue weighted by atomic mass is 79.9. The highest BCUT2D eigenvalue weighted by molar-refractivity contribution is 9.10. The van der Waals surface area contributed by atoms with Crippen LogP contribution in [0.3, 0.4) is 0 Å². The summed E-state index contributed by atoms with van der Waals surface area (Å²) in [6.07, 6.45) is 3.67. The smallest absolute Gasteiger partial charge is 0.0624 e. The molecule has 1 aromatic heterocycles. The second kappa shape index (κ2) is 6.48. The summed E-state index contributed by atoms with van der Waals surface area (Å²) >= 11 is 3.43. The van der Waals surface area contributed by atoms with Crippen LogP contribution in [0, 0.1) is 0 Å². The molecule has 0 aliphatic heterocycles. The largest absolute Gasteiger partial charge is 0.392 e. The quantitative estimate of drug-likeness (QED) is 0.883. The van der Waals surface area contributed by atoms with Gasteiger partial charge in [-0.15, -0.1) is 0 Å². The molecular weight excluding hydrogens is 316 g/mol. The number of nitrogens with zero attached hydrogens (tertiary/aromatic N) is 1. The molecule has 2 rings (SSSR count). The molecule has 0 amide bonds. The standard InChI is InChI=1S/C16H19BrN2O/c1-12(20)16(11-18,14-5-3-2-4-6-14)8-13-7-15(17)10-19-9-13/h2-7,9-10,12,20H,8,11,18H2,1H3. The third-order valence-electron chi connectivity index (χ3n) is 3.79. The predicted octanol–water partition coefficient (Wildman–Crippen LogP) is 2.66. The van der Waals surface area contributed by atoms with Crippen molar-refractivity contribution in [2.45, 2.75) is 24.9 Å². The Morgan fingerprint density at radius 2 is 2.00 bits per heavy atom. The molecule has 20 heavy (non-hydrogen) atoms. The van der Waals surface area contributed by atoms with E-state index >= 15 is 0 Å². The minimum atomic E-state index is -0.547. The van der Waals surface area contributed by atoms with E-state index in [9.17, 15) is 5.11 Å².